The molecule has 2 aromatic rings. The van der Waals surface area contributed by atoms with Crippen molar-refractivity contribution in [1.82, 2.24) is 9.78 Å². The highest BCUT2D eigenvalue weighted by Crippen LogP contribution is 2.19. The minimum absolute atomic E-state index is 0.169. The molecule has 112 valence electrons. The van der Waals surface area contributed by atoms with Crippen LogP contribution in [0.1, 0.15) is 28.7 Å². The van der Waals surface area contributed by atoms with E-state index in [1.165, 1.54) is 0 Å². The van der Waals surface area contributed by atoms with E-state index in [-0.39, 0.29) is 5.69 Å². The largest absolute Gasteiger partial charge is 0.497 e. The second-order valence-electron chi connectivity index (χ2n) is 4.57. The Hall–Kier alpha value is -2.50. The number of esters is 1. The van der Waals surface area contributed by atoms with Gasteiger partial charge in [0.2, 0.25) is 0 Å². The van der Waals surface area contributed by atoms with Crippen molar-refractivity contribution >= 4 is 11.7 Å². The third-order valence-electron chi connectivity index (χ3n) is 3.21. The van der Waals surface area contributed by atoms with Crippen LogP contribution in [0, 0.1) is 6.92 Å². The van der Waals surface area contributed by atoms with Gasteiger partial charge >= 0.3 is 5.97 Å². The number of anilines is 1. The zero-order valence-corrected chi connectivity index (χ0v) is 12.4. The quantitative estimate of drug-likeness (QED) is 0.852. The van der Waals surface area contributed by atoms with Gasteiger partial charge in [-0.15, -0.1) is 0 Å². The highest BCUT2D eigenvalue weighted by atomic mass is 16.5. The van der Waals surface area contributed by atoms with Crippen LogP contribution in [-0.4, -0.2) is 29.5 Å². The van der Waals surface area contributed by atoms with Gasteiger partial charge in [-0.3, -0.25) is 4.68 Å². The first-order chi connectivity index (χ1) is 10.1. The molecule has 0 saturated heterocycles. The number of carbonyl (C=O) groups excluding carboxylic acids is 1. The number of carbonyl (C=O) groups is 1. The lowest BCUT2D eigenvalue weighted by Gasteiger charge is -2.06. The lowest BCUT2D eigenvalue weighted by Crippen LogP contribution is -2.09. The number of nitrogens with zero attached hydrogens (tertiary/aromatic N) is 2. The van der Waals surface area contributed by atoms with Crippen molar-refractivity contribution in [2.45, 2.75) is 20.4 Å². The van der Waals surface area contributed by atoms with E-state index < -0.39 is 5.97 Å². The summed E-state index contributed by atoms with van der Waals surface area (Å²) in [5.74, 6) is 0.300. The average Bonchev–Trinajstić information content (AvgIpc) is 2.77. The molecule has 0 aliphatic carbocycles. The Labute approximate surface area is 123 Å². The molecule has 6 nitrogen and oxygen atoms in total. The molecule has 2 rings (SSSR count). The minimum atomic E-state index is -0.494. The maximum absolute atomic E-state index is 11.8. The van der Waals surface area contributed by atoms with E-state index in [1.807, 2.05) is 31.2 Å². The van der Waals surface area contributed by atoms with Crippen molar-refractivity contribution in [3.63, 3.8) is 0 Å². The molecule has 0 bridgehead atoms. The number of hydrogen-bond donors (Lipinski definition) is 1. The maximum atomic E-state index is 11.8. The zero-order chi connectivity index (χ0) is 15.4. The molecule has 0 amide bonds. The third kappa shape index (κ3) is 3.16. The van der Waals surface area contributed by atoms with Crippen LogP contribution in [0.5, 0.6) is 5.75 Å². The summed E-state index contributed by atoms with van der Waals surface area (Å²) in [4.78, 5) is 11.8. The van der Waals surface area contributed by atoms with Crippen molar-refractivity contribution < 1.29 is 14.3 Å². The van der Waals surface area contributed by atoms with Gasteiger partial charge in [0.15, 0.2) is 5.69 Å². The van der Waals surface area contributed by atoms with Crippen LogP contribution in [0.15, 0.2) is 24.3 Å². The SMILES string of the molecule is CCOC(=O)c1nn(Cc2ccc(OC)cc2)c(C)c1N. The fourth-order valence-corrected chi connectivity index (χ4v) is 1.97. The summed E-state index contributed by atoms with van der Waals surface area (Å²) in [5, 5.41) is 4.25. The van der Waals surface area contributed by atoms with Crippen molar-refractivity contribution in [3.05, 3.63) is 41.2 Å². The number of hydrogen-bond acceptors (Lipinski definition) is 5. The average molecular weight is 289 g/mol. The van der Waals surface area contributed by atoms with E-state index in [0.717, 1.165) is 17.0 Å². The molecule has 0 spiro atoms. The van der Waals surface area contributed by atoms with Crippen LogP contribution >= 0.6 is 0 Å². The van der Waals surface area contributed by atoms with Gasteiger partial charge in [0.25, 0.3) is 0 Å². The fraction of sp³-hybridized carbons (Fsp3) is 0.333. The number of rotatable bonds is 5. The Morgan fingerprint density at radius 2 is 2.00 bits per heavy atom. The van der Waals surface area contributed by atoms with Crippen LogP contribution in [0.3, 0.4) is 0 Å². The summed E-state index contributed by atoms with van der Waals surface area (Å²) >= 11 is 0. The van der Waals surface area contributed by atoms with Crippen molar-refractivity contribution in [1.29, 1.82) is 0 Å². The number of aromatic nitrogens is 2. The van der Waals surface area contributed by atoms with Gasteiger partial charge in [-0.05, 0) is 31.5 Å². The van der Waals surface area contributed by atoms with Gasteiger partial charge in [0, 0.05) is 0 Å². The lowest BCUT2D eigenvalue weighted by atomic mass is 10.2. The van der Waals surface area contributed by atoms with Crippen LogP contribution in [-0.2, 0) is 11.3 Å². The molecule has 0 aliphatic rings. The maximum Gasteiger partial charge on any atom is 0.361 e. The van der Waals surface area contributed by atoms with Crippen molar-refractivity contribution in [2.24, 2.45) is 0 Å². The first kappa shape index (κ1) is 14.9. The summed E-state index contributed by atoms with van der Waals surface area (Å²) in [5.41, 5.74) is 8.25. The molecule has 0 atom stereocenters. The van der Waals surface area contributed by atoms with E-state index in [1.54, 1.807) is 18.7 Å². The monoisotopic (exact) mass is 289 g/mol. The predicted octanol–water partition coefficient (Wildman–Crippen LogP) is 2.01. The van der Waals surface area contributed by atoms with Gasteiger partial charge in [0.1, 0.15) is 5.75 Å². The summed E-state index contributed by atoms with van der Waals surface area (Å²) in [7, 11) is 1.62. The predicted molar refractivity (Wildman–Crippen MR) is 79.4 cm³/mol. The Morgan fingerprint density at radius 1 is 1.33 bits per heavy atom. The molecule has 0 unspecified atom stereocenters. The van der Waals surface area contributed by atoms with Gasteiger partial charge < -0.3 is 15.2 Å². The highest BCUT2D eigenvalue weighted by Gasteiger charge is 2.19. The number of benzene rings is 1. The van der Waals surface area contributed by atoms with Crippen LogP contribution < -0.4 is 10.5 Å². The van der Waals surface area contributed by atoms with Gasteiger partial charge in [-0.2, -0.15) is 5.10 Å². The number of ether oxygens (including phenoxy) is 2. The Kier molecular flexibility index (Phi) is 4.47. The first-order valence-electron chi connectivity index (χ1n) is 6.69. The summed E-state index contributed by atoms with van der Waals surface area (Å²) < 4.78 is 11.8. The molecule has 0 fully saturated rings. The van der Waals surface area contributed by atoms with Gasteiger partial charge in [0.05, 0.1) is 31.6 Å². The Morgan fingerprint density at radius 3 is 2.57 bits per heavy atom. The molecule has 1 aromatic heterocycles. The Balaban J connectivity index is 2.23. The van der Waals surface area contributed by atoms with Crippen LogP contribution in [0.25, 0.3) is 0 Å². The second-order valence-corrected chi connectivity index (χ2v) is 4.57. The van der Waals surface area contributed by atoms with Gasteiger partial charge in [-0.25, -0.2) is 4.79 Å². The molecule has 21 heavy (non-hydrogen) atoms. The van der Waals surface area contributed by atoms with E-state index in [2.05, 4.69) is 5.10 Å². The lowest BCUT2D eigenvalue weighted by molar-refractivity contribution is 0.0519. The molecule has 2 N–H and O–H groups in total. The topological polar surface area (TPSA) is 79.4 Å². The number of nitrogen functional groups attached to an aromatic ring is 1. The van der Waals surface area contributed by atoms with Crippen molar-refractivity contribution in [2.75, 3.05) is 19.5 Å². The molecular formula is C15H19N3O3. The summed E-state index contributed by atoms with van der Waals surface area (Å²) in [6.07, 6.45) is 0. The summed E-state index contributed by atoms with van der Waals surface area (Å²) in [6, 6.07) is 7.65. The van der Waals surface area contributed by atoms with Crippen molar-refractivity contribution in [3.8, 4) is 5.75 Å². The normalized spacial score (nSPS) is 10.4. The highest BCUT2D eigenvalue weighted by molar-refractivity contribution is 5.93. The molecule has 0 saturated carbocycles. The standard InChI is InChI=1S/C15H19N3O3/c1-4-21-15(19)14-13(16)10(2)18(17-14)9-11-5-7-12(20-3)8-6-11/h5-8H,4,9,16H2,1-3H3. The number of nitrogens with two attached hydrogens (primary N) is 1. The molecule has 1 aromatic carbocycles. The molecular weight excluding hydrogens is 270 g/mol. The first-order valence-corrected chi connectivity index (χ1v) is 6.69. The molecule has 0 aliphatic heterocycles. The number of methoxy groups -OCH3 is 1. The van der Waals surface area contributed by atoms with E-state index in [9.17, 15) is 4.79 Å². The molecule has 6 heteroatoms. The third-order valence-corrected chi connectivity index (χ3v) is 3.21. The smallest absolute Gasteiger partial charge is 0.361 e. The zero-order valence-electron chi connectivity index (χ0n) is 12.4. The summed E-state index contributed by atoms with van der Waals surface area (Å²) in [6.45, 7) is 4.39. The Bertz CT molecular complexity index is 632. The van der Waals surface area contributed by atoms with E-state index in [4.69, 9.17) is 15.2 Å². The van der Waals surface area contributed by atoms with E-state index in [0.29, 0.717) is 18.8 Å². The van der Waals surface area contributed by atoms with Gasteiger partial charge in [-0.1, -0.05) is 12.1 Å². The molecule has 1 heterocycles. The second kappa shape index (κ2) is 6.30. The fourth-order valence-electron chi connectivity index (χ4n) is 1.97. The minimum Gasteiger partial charge on any atom is -0.497 e. The molecule has 0 radical (unpaired) electrons. The van der Waals surface area contributed by atoms with Crippen LogP contribution in [0.4, 0.5) is 5.69 Å². The van der Waals surface area contributed by atoms with E-state index >= 15 is 0 Å². The van der Waals surface area contributed by atoms with Crippen LogP contribution in [0.2, 0.25) is 0 Å².